The lowest BCUT2D eigenvalue weighted by Crippen LogP contribution is -1.96. The zero-order valence-corrected chi connectivity index (χ0v) is 13.1. The number of hydrogen-bond donors (Lipinski definition) is 0. The molecule has 0 aliphatic carbocycles. The summed E-state index contributed by atoms with van der Waals surface area (Å²) in [5.41, 5.74) is 3.98. The lowest BCUT2D eigenvalue weighted by molar-refractivity contribution is 0.306. The second-order valence-corrected chi connectivity index (χ2v) is 5.25. The van der Waals surface area contributed by atoms with Crippen LogP contribution in [0.5, 0.6) is 5.75 Å². The topological polar surface area (TPSA) is 27.1 Å². The van der Waals surface area contributed by atoms with Crippen molar-refractivity contribution in [3.05, 3.63) is 72.1 Å². The van der Waals surface area contributed by atoms with Gasteiger partial charge >= 0.3 is 0 Å². The highest BCUT2D eigenvalue weighted by Crippen LogP contribution is 2.26. The number of benzene rings is 2. The molecule has 114 valence electrons. The number of ether oxygens (including phenoxy) is 1. The fourth-order valence-corrected chi connectivity index (χ4v) is 2.36. The van der Waals surface area contributed by atoms with Crippen LogP contribution in [0.15, 0.2) is 60.9 Å². The van der Waals surface area contributed by atoms with Crippen molar-refractivity contribution in [2.75, 3.05) is 0 Å². The first-order valence-corrected chi connectivity index (χ1v) is 7.59. The molecule has 0 fully saturated rings. The van der Waals surface area contributed by atoms with E-state index in [2.05, 4.69) is 17.9 Å². The summed E-state index contributed by atoms with van der Waals surface area (Å²) in [5.74, 6) is 3.46. The van der Waals surface area contributed by atoms with Gasteiger partial charge in [-0.1, -0.05) is 36.3 Å². The van der Waals surface area contributed by atoms with Crippen LogP contribution in [0.25, 0.3) is 11.1 Å². The van der Waals surface area contributed by atoms with Crippen LogP contribution in [0.1, 0.15) is 18.1 Å². The minimum atomic E-state index is 0.516. The first-order valence-electron chi connectivity index (χ1n) is 7.59. The molecule has 3 heteroatoms. The predicted molar refractivity (Wildman–Crippen MR) is 92.0 cm³/mol. The summed E-state index contributed by atoms with van der Waals surface area (Å²) in [7, 11) is 0. The van der Waals surface area contributed by atoms with Gasteiger partial charge in [0, 0.05) is 23.9 Å². The molecule has 0 aliphatic rings. The molecule has 1 aromatic heterocycles. The molecule has 23 heavy (non-hydrogen) atoms. The molecule has 3 nitrogen and oxygen atoms in total. The molecule has 0 unspecified atom stereocenters. The highest BCUT2D eigenvalue weighted by Gasteiger charge is 2.06. The number of nitrogens with zero attached hydrogens (tertiary/aromatic N) is 2. The molecule has 0 spiro atoms. The monoisotopic (exact) mass is 302 g/mol. The quantitative estimate of drug-likeness (QED) is 0.663. The molecule has 0 radical (unpaired) electrons. The van der Waals surface area contributed by atoms with Crippen molar-refractivity contribution in [3.63, 3.8) is 0 Å². The number of aryl methyl sites for hydroxylation is 1. The zero-order chi connectivity index (χ0) is 16.1. The number of hydrogen-bond acceptors (Lipinski definition) is 2. The molecule has 2 aromatic carbocycles. The maximum absolute atomic E-state index is 5.91. The minimum Gasteiger partial charge on any atom is -0.489 e. The van der Waals surface area contributed by atoms with E-state index in [4.69, 9.17) is 11.2 Å². The Labute approximate surface area is 136 Å². The summed E-state index contributed by atoms with van der Waals surface area (Å²) in [5, 5.41) is 4.31. The van der Waals surface area contributed by atoms with Crippen molar-refractivity contribution in [2.24, 2.45) is 0 Å². The maximum Gasteiger partial charge on any atom is 0.121 e. The van der Waals surface area contributed by atoms with Gasteiger partial charge in [0.2, 0.25) is 0 Å². The van der Waals surface area contributed by atoms with Crippen LogP contribution in [0.3, 0.4) is 0 Å². The van der Waals surface area contributed by atoms with E-state index in [1.807, 2.05) is 65.6 Å². The molecule has 0 saturated heterocycles. The maximum atomic E-state index is 5.91. The van der Waals surface area contributed by atoms with Gasteiger partial charge in [-0.2, -0.15) is 5.10 Å². The zero-order valence-electron chi connectivity index (χ0n) is 13.1. The van der Waals surface area contributed by atoms with Crippen LogP contribution in [-0.2, 0) is 13.2 Å². The summed E-state index contributed by atoms with van der Waals surface area (Å²) >= 11 is 0. The largest absolute Gasteiger partial charge is 0.489 e. The standard InChI is InChI=1S/C20H18N2O/c1-3-16-10-18(19-13-21-22(4-2)14-19)12-20(11-16)23-15-17-8-6-5-7-9-17/h1,5-14H,4,15H2,2H3. The highest BCUT2D eigenvalue weighted by atomic mass is 16.5. The van der Waals surface area contributed by atoms with E-state index in [0.717, 1.165) is 34.5 Å². The van der Waals surface area contributed by atoms with Crippen LogP contribution in [0, 0.1) is 12.3 Å². The Morgan fingerprint density at radius 2 is 1.96 bits per heavy atom. The third kappa shape index (κ3) is 3.61. The van der Waals surface area contributed by atoms with Gasteiger partial charge in [-0.15, -0.1) is 6.42 Å². The van der Waals surface area contributed by atoms with Crippen molar-refractivity contribution in [3.8, 4) is 29.2 Å². The molecule has 0 amide bonds. The van der Waals surface area contributed by atoms with Gasteiger partial charge in [-0.3, -0.25) is 4.68 Å². The number of aromatic nitrogens is 2. The number of rotatable bonds is 5. The molecule has 1 heterocycles. The van der Waals surface area contributed by atoms with Crippen molar-refractivity contribution in [2.45, 2.75) is 20.1 Å². The smallest absolute Gasteiger partial charge is 0.121 e. The lowest BCUT2D eigenvalue weighted by Gasteiger charge is -2.09. The van der Waals surface area contributed by atoms with Crippen LogP contribution < -0.4 is 4.74 Å². The van der Waals surface area contributed by atoms with Crippen LogP contribution in [-0.4, -0.2) is 9.78 Å². The van der Waals surface area contributed by atoms with Crippen LogP contribution >= 0.6 is 0 Å². The third-order valence-corrected chi connectivity index (χ3v) is 3.61. The SMILES string of the molecule is C#Cc1cc(OCc2ccccc2)cc(-c2cnn(CC)c2)c1. The van der Waals surface area contributed by atoms with Crippen molar-refractivity contribution < 1.29 is 4.74 Å². The summed E-state index contributed by atoms with van der Waals surface area (Å²) in [6, 6.07) is 15.9. The highest BCUT2D eigenvalue weighted by molar-refractivity contribution is 5.66. The molecular weight excluding hydrogens is 284 g/mol. The van der Waals surface area contributed by atoms with Gasteiger partial charge < -0.3 is 4.74 Å². The van der Waals surface area contributed by atoms with E-state index in [9.17, 15) is 0 Å². The first-order chi connectivity index (χ1) is 11.3. The molecule has 0 atom stereocenters. The Hall–Kier alpha value is -2.99. The Morgan fingerprint density at radius 1 is 1.13 bits per heavy atom. The van der Waals surface area contributed by atoms with Crippen molar-refractivity contribution in [1.29, 1.82) is 0 Å². The lowest BCUT2D eigenvalue weighted by atomic mass is 10.1. The Balaban J connectivity index is 1.85. The molecule has 0 aliphatic heterocycles. The van der Waals surface area contributed by atoms with Gasteiger partial charge in [0.05, 0.1) is 6.20 Å². The summed E-state index contributed by atoms with van der Waals surface area (Å²) in [6.45, 7) is 3.41. The van der Waals surface area contributed by atoms with Gasteiger partial charge in [0.25, 0.3) is 0 Å². The minimum absolute atomic E-state index is 0.516. The van der Waals surface area contributed by atoms with Crippen LogP contribution in [0.2, 0.25) is 0 Å². The average molecular weight is 302 g/mol. The first kappa shape index (κ1) is 14.9. The average Bonchev–Trinajstić information content (AvgIpc) is 3.10. The summed E-state index contributed by atoms with van der Waals surface area (Å²) in [6.07, 6.45) is 9.44. The predicted octanol–water partition coefficient (Wildman–Crippen LogP) is 4.13. The summed E-state index contributed by atoms with van der Waals surface area (Å²) in [4.78, 5) is 0. The van der Waals surface area contributed by atoms with Gasteiger partial charge in [0.1, 0.15) is 12.4 Å². The van der Waals surface area contributed by atoms with Crippen molar-refractivity contribution >= 4 is 0 Å². The second kappa shape index (κ2) is 6.85. The van der Waals surface area contributed by atoms with E-state index >= 15 is 0 Å². The normalized spacial score (nSPS) is 10.3. The van der Waals surface area contributed by atoms with Gasteiger partial charge in [-0.05, 0) is 36.2 Å². The fraction of sp³-hybridized carbons (Fsp3) is 0.150. The van der Waals surface area contributed by atoms with E-state index in [0.29, 0.717) is 6.61 Å². The molecule has 3 rings (SSSR count). The molecule has 0 saturated carbocycles. The van der Waals surface area contributed by atoms with Crippen molar-refractivity contribution in [1.82, 2.24) is 9.78 Å². The van der Waals surface area contributed by atoms with Gasteiger partial charge in [0.15, 0.2) is 0 Å². The Bertz CT molecular complexity index is 828. The molecule has 3 aromatic rings. The molecular formula is C20H18N2O. The fourth-order valence-electron chi connectivity index (χ4n) is 2.36. The van der Waals surface area contributed by atoms with E-state index < -0.39 is 0 Å². The van der Waals surface area contributed by atoms with Crippen LogP contribution in [0.4, 0.5) is 0 Å². The van der Waals surface area contributed by atoms with E-state index in [1.165, 1.54) is 0 Å². The second-order valence-electron chi connectivity index (χ2n) is 5.25. The van der Waals surface area contributed by atoms with Gasteiger partial charge in [-0.25, -0.2) is 0 Å². The van der Waals surface area contributed by atoms with E-state index in [-0.39, 0.29) is 0 Å². The molecule has 0 bridgehead atoms. The summed E-state index contributed by atoms with van der Waals surface area (Å²) < 4.78 is 7.80. The van der Waals surface area contributed by atoms with E-state index in [1.54, 1.807) is 0 Å². The Kier molecular flexibility index (Phi) is 4.44. The Morgan fingerprint density at radius 3 is 2.65 bits per heavy atom. The molecule has 0 N–H and O–H groups in total. The number of terminal acetylenes is 1. The third-order valence-electron chi connectivity index (χ3n) is 3.61.